The highest BCUT2D eigenvalue weighted by molar-refractivity contribution is 7.15. The highest BCUT2D eigenvalue weighted by Gasteiger charge is 2.25. The van der Waals surface area contributed by atoms with Gasteiger partial charge in [0.25, 0.3) is 5.69 Å². The fraction of sp³-hybridized carbons (Fsp3) is 0.375. The Bertz CT molecular complexity index is 1140. The van der Waals surface area contributed by atoms with Gasteiger partial charge in [0.2, 0.25) is 0 Å². The molecule has 0 unspecified atom stereocenters. The van der Waals surface area contributed by atoms with E-state index in [4.69, 9.17) is 19.2 Å². The van der Waals surface area contributed by atoms with E-state index in [2.05, 4.69) is 26.1 Å². The van der Waals surface area contributed by atoms with Crippen LogP contribution in [0.4, 0.5) is 10.8 Å². The van der Waals surface area contributed by atoms with Gasteiger partial charge in [0.15, 0.2) is 16.6 Å². The molecule has 1 aromatic heterocycles. The van der Waals surface area contributed by atoms with Crippen molar-refractivity contribution >= 4 is 22.2 Å². The lowest BCUT2D eigenvalue weighted by Gasteiger charge is -2.19. The van der Waals surface area contributed by atoms with E-state index in [0.717, 1.165) is 26.8 Å². The van der Waals surface area contributed by atoms with Crippen LogP contribution >= 0.6 is 11.3 Å². The number of thiazole rings is 1. The number of hydrogen-bond acceptors (Lipinski definition) is 8. The van der Waals surface area contributed by atoms with Gasteiger partial charge in [0, 0.05) is 47.0 Å². The maximum Gasteiger partial charge on any atom is 0.269 e. The molecule has 0 aliphatic carbocycles. The Labute approximate surface area is 197 Å². The van der Waals surface area contributed by atoms with E-state index < -0.39 is 0 Å². The van der Waals surface area contributed by atoms with Crippen LogP contribution in [0.2, 0.25) is 0 Å². The van der Waals surface area contributed by atoms with Gasteiger partial charge in [0.1, 0.15) is 5.75 Å². The molecule has 0 aliphatic heterocycles. The van der Waals surface area contributed by atoms with Gasteiger partial charge >= 0.3 is 0 Å². The van der Waals surface area contributed by atoms with Crippen molar-refractivity contribution in [1.82, 2.24) is 4.98 Å². The number of nitrogens with zero attached hydrogens (tertiary/aromatic N) is 2. The first-order valence-electron chi connectivity index (χ1n) is 10.4. The molecule has 0 atom stereocenters. The predicted molar refractivity (Wildman–Crippen MR) is 130 cm³/mol. The lowest BCUT2D eigenvalue weighted by Crippen LogP contribution is -2.14. The van der Waals surface area contributed by atoms with E-state index in [-0.39, 0.29) is 16.0 Å². The predicted octanol–water partition coefficient (Wildman–Crippen LogP) is 5.58. The summed E-state index contributed by atoms with van der Waals surface area (Å²) in [4.78, 5) is 16.6. The van der Waals surface area contributed by atoms with Crippen molar-refractivity contribution in [3.05, 3.63) is 68.2 Å². The van der Waals surface area contributed by atoms with Crippen molar-refractivity contribution in [1.29, 1.82) is 0 Å². The molecule has 8 nitrogen and oxygen atoms in total. The smallest absolute Gasteiger partial charge is 0.269 e. The summed E-state index contributed by atoms with van der Waals surface area (Å²) in [7, 11) is 4.84. The van der Waals surface area contributed by atoms with Gasteiger partial charge in [-0.1, -0.05) is 32.9 Å². The second-order valence-corrected chi connectivity index (χ2v) is 9.60. The van der Waals surface area contributed by atoms with Crippen molar-refractivity contribution in [3.8, 4) is 17.2 Å². The Balaban J connectivity index is 1.90. The summed E-state index contributed by atoms with van der Waals surface area (Å²) in [5.41, 5.74) is 2.69. The number of non-ortho nitro benzene ring substituents is 1. The molecule has 33 heavy (non-hydrogen) atoms. The fourth-order valence-electron chi connectivity index (χ4n) is 3.49. The average Bonchev–Trinajstić information content (AvgIpc) is 3.20. The van der Waals surface area contributed by atoms with Gasteiger partial charge in [0.05, 0.1) is 31.9 Å². The van der Waals surface area contributed by atoms with Crippen LogP contribution in [-0.4, -0.2) is 31.2 Å². The van der Waals surface area contributed by atoms with E-state index in [9.17, 15) is 10.1 Å². The number of ether oxygens (including phenoxy) is 3. The molecule has 2 aromatic carbocycles. The molecule has 1 N–H and O–H groups in total. The van der Waals surface area contributed by atoms with Crippen LogP contribution in [-0.2, 0) is 18.4 Å². The number of nitro benzene ring substituents is 1. The minimum atomic E-state index is -0.390. The summed E-state index contributed by atoms with van der Waals surface area (Å²) < 4.78 is 16.5. The third-order valence-corrected chi connectivity index (χ3v) is 6.12. The monoisotopic (exact) mass is 471 g/mol. The number of nitro groups is 1. The van der Waals surface area contributed by atoms with E-state index in [0.29, 0.717) is 30.2 Å². The zero-order valence-corrected chi connectivity index (χ0v) is 20.5. The maximum atomic E-state index is 11.0. The van der Waals surface area contributed by atoms with Crippen LogP contribution in [0.15, 0.2) is 36.4 Å². The molecule has 0 amide bonds. The number of benzene rings is 2. The Hall–Kier alpha value is -3.33. The summed E-state index contributed by atoms with van der Waals surface area (Å²) in [6, 6.07) is 10.4. The molecule has 1 heterocycles. The van der Waals surface area contributed by atoms with E-state index in [1.165, 1.54) is 6.07 Å². The van der Waals surface area contributed by atoms with E-state index in [1.807, 2.05) is 18.2 Å². The van der Waals surface area contributed by atoms with Crippen LogP contribution in [0.3, 0.4) is 0 Å². The first-order chi connectivity index (χ1) is 15.7. The molecule has 9 heteroatoms. The number of anilines is 1. The zero-order valence-electron chi connectivity index (χ0n) is 19.7. The molecule has 0 radical (unpaired) electrons. The molecule has 3 aromatic rings. The van der Waals surface area contributed by atoms with Gasteiger partial charge in [-0.05, 0) is 11.6 Å². The van der Waals surface area contributed by atoms with Crippen LogP contribution in [0.5, 0.6) is 17.2 Å². The van der Waals surface area contributed by atoms with Crippen LogP contribution in [0, 0.1) is 10.1 Å². The number of rotatable bonds is 9. The number of hydrogen-bond donors (Lipinski definition) is 1. The Morgan fingerprint density at radius 1 is 1.03 bits per heavy atom. The summed E-state index contributed by atoms with van der Waals surface area (Å²) in [5, 5.41) is 15.1. The quantitative estimate of drug-likeness (QED) is 0.322. The molecule has 0 aliphatic rings. The second-order valence-electron chi connectivity index (χ2n) is 8.52. The topological polar surface area (TPSA) is 95.8 Å². The summed E-state index contributed by atoms with van der Waals surface area (Å²) in [5.74, 6) is 1.96. The number of nitrogens with one attached hydrogen (secondary N) is 1. The molecular formula is C24H29N3O5S. The van der Waals surface area contributed by atoms with Crippen molar-refractivity contribution in [2.24, 2.45) is 0 Å². The van der Waals surface area contributed by atoms with Crippen molar-refractivity contribution in [2.45, 2.75) is 39.2 Å². The lowest BCUT2D eigenvalue weighted by atomic mass is 9.90. The SMILES string of the molecule is COc1cc(OC)c(OC)cc1Cc1sc(NCc2cccc([N+](=O)[O-])c2)nc1C(C)(C)C. The summed E-state index contributed by atoms with van der Waals surface area (Å²) in [6.07, 6.45) is 0.617. The van der Waals surface area contributed by atoms with Gasteiger partial charge in [-0.15, -0.1) is 11.3 Å². The minimum absolute atomic E-state index is 0.0741. The van der Waals surface area contributed by atoms with E-state index >= 15 is 0 Å². The van der Waals surface area contributed by atoms with Gasteiger partial charge < -0.3 is 19.5 Å². The van der Waals surface area contributed by atoms with Crippen molar-refractivity contribution in [2.75, 3.05) is 26.6 Å². The second kappa shape index (κ2) is 10.1. The highest BCUT2D eigenvalue weighted by Crippen LogP contribution is 2.39. The van der Waals surface area contributed by atoms with E-state index in [1.54, 1.807) is 44.8 Å². The Kier molecular flexibility index (Phi) is 7.43. The standard InChI is InChI=1S/C24H29N3O5S/c1-24(2,3)22-21(12-16-11-19(31-5)20(32-6)13-18(16)30-4)33-23(26-22)25-14-15-8-7-9-17(10-15)27(28)29/h7-11,13H,12,14H2,1-6H3,(H,25,26). The molecule has 0 spiro atoms. The zero-order chi connectivity index (χ0) is 24.2. The number of methoxy groups -OCH3 is 3. The normalized spacial score (nSPS) is 11.2. The first kappa shape index (κ1) is 24.3. The Morgan fingerprint density at radius 2 is 1.70 bits per heavy atom. The summed E-state index contributed by atoms with van der Waals surface area (Å²) in [6.45, 7) is 6.82. The average molecular weight is 472 g/mol. The molecule has 3 rings (SSSR count). The molecule has 176 valence electrons. The highest BCUT2D eigenvalue weighted by atomic mass is 32.1. The summed E-state index contributed by atoms with van der Waals surface area (Å²) >= 11 is 1.57. The van der Waals surface area contributed by atoms with Gasteiger partial charge in [-0.25, -0.2) is 4.98 Å². The largest absolute Gasteiger partial charge is 0.496 e. The third kappa shape index (κ3) is 5.73. The molecule has 0 saturated heterocycles. The third-order valence-electron chi connectivity index (χ3n) is 5.11. The molecular weight excluding hydrogens is 442 g/mol. The Morgan fingerprint density at radius 3 is 2.30 bits per heavy atom. The maximum absolute atomic E-state index is 11.0. The van der Waals surface area contributed by atoms with Crippen molar-refractivity contribution < 1.29 is 19.1 Å². The lowest BCUT2D eigenvalue weighted by molar-refractivity contribution is -0.384. The first-order valence-corrected chi connectivity index (χ1v) is 11.2. The molecule has 0 fully saturated rings. The molecule has 0 bridgehead atoms. The minimum Gasteiger partial charge on any atom is -0.496 e. The van der Waals surface area contributed by atoms with Crippen LogP contribution in [0.25, 0.3) is 0 Å². The van der Waals surface area contributed by atoms with Crippen LogP contribution < -0.4 is 19.5 Å². The molecule has 0 saturated carbocycles. The van der Waals surface area contributed by atoms with Crippen molar-refractivity contribution in [3.63, 3.8) is 0 Å². The number of aromatic nitrogens is 1. The van der Waals surface area contributed by atoms with Gasteiger partial charge in [-0.3, -0.25) is 10.1 Å². The van der Waals surface area contributed by atoms with Gasteiger partial charge in [-0.2, -0.15) is 0 Å². The van der Waals surface area contributed by atoms with Crippen LogP contribution in [0.1, 0.15) is 42.5 Å². The fourth-order valence-corrected chi connectivity index (χ4v) is 4.69.